The maximum absolute atomic E-state index is 3.86. The summed E-state index contributed by atoms with van der Waals surface area (Å²) in [5.41, 5.74) is 0.769. The Morgan fingerprint density at radius 1 is 0.625 bits per heavy atom. The molecule has 4 heteroatoms. The molecular formula is C20H42N4. The molecule has 2 aliphatic heterocycles. The average molecular weight is 339 g/mol. The minimum atomic E-state index is 0.192. The highest BCUT2D eigenvalue weighted by Gasteiger charge is 2.40. The molecule has 0 spiro atoms. The summed E-state index contributed by atoms with van der Waals surface area (Å²) in [6.45, 7) is 20.8. The van der Waals surface area contributed by atoms with Gasteiger partial charge in [-0.3, -0.25) is 10.6 Å². The van der Waals surface area contributed by atoms with E-state index in [-0.39, 0.29) is 22.2 Å². The summed E-state index contributed by atoms with van der Waals surface area (Å²) < 4.78 is 0. The maximum Gasteiger partial charge on any atom is 0.0546 e. The lowest BCUT2D eigenvalue weighted by Gasteiger charge is -2.49. The quantitative estimate of drug-likeness (QED) is 0.595. The Labute approximate surface area is 150 Å². The zero-order valence-corrected chi connectivity index (χ0v) is 17.6. The molecule has 0 aromatic rings. The Balaban J connectivity index is 1.92. The van der Waals surface area contributed by atoms with Crippen LogP contribution in [0.5, 0.6) is 0 Å². The van der Waals surface area contributed by atoms with Crippen LogP contribution in [0, 0.1) is 0 Å². The van der Waals surface area contributed by atoms with Gasteiger partial charge in [0.05, 0.1) is 6.17 Å². The number of hydrogen-bond donors (Lipinski definition) is 4. The monoisotopic (exact) mass is 338 g/mol. The lowest BCUT2D eigenvalue weighted by Crippen LogP contribution is -2.65. The van der Waals surface area contributed by atoms with Gasteiger partial charge in [0.1, 0.15) is 0 Å². The molecule has 24 heavy (non-hydrogen) atoms. The molecule has 2 fully saturated rings. The molecule has 0 amide bonds. The fourth-order valence-electron chi connectivity index (χ4n) is 5.64. The SMILES string of the molecule is CC(NC1CC(C)(C)NC(C)(C)C1)NC1CC(C)(C)NC(C)(C)C1. The van der Waals surface area contributed by atoms with Crippen LogP contribution in [0.3, 0.4) is 0 Å². The van der Waals surface area contributed by atoms with Crippen molar-refractivity contribution < 1.29 is 0 Å². The zero-order valence-electron chi connectivity index (χ0n) is 17.6. The van der Waals surface area contributed by atoms with Crippen LogP contribution in [0.2, 0.25) is 0 Å². The second-order valence-corrected chi connectivity index (χ2v) is 11.1. The van der Waals surface area contributed by atoms with E-state index in [9.17, 15) is 0 Å². The molecular weight excluding hydrogens is 296 g/mol. The molecule has 2 saturated heterocycles. The van der Waals surface area contributed by atoms with Crippen molar-refractivity contribution in [2.45, 2.75) is 128 Å². The van der Waals surface area contributed by atoms with E-state index in [1.165, 1.54) is 25.7 Å². The van der Waals surface area contributed by atoms with Crippen LogP contribution in [0.15, 0.2) is 0 Å². The van der Waals surface area contributed by atoms with E-state index in [0.717, 1.165) is 0 Å². The third-order valence-electron chi connectivity index (χ3n) is 5.35. The van der Waals surface area contributed by atoms with E-state index in [4.69, 9.17) is 0 Å². The van der Waals surface area contributed by atoms with E-state index in [0.29, 0.717) is 18.2 Å². The molecule has 0 aromatic carbocycles. The summed E-state index contributed by atoms with van der Waals surface area (Å²) in [6.07, 6.45) is 5.03. The predicted molar refractivity (Wildman–Crippen MR) is 104 cm³/mol. The van der Waals surface area contributed by atoms with Gasteiger partial charge in [-0.25, -0.2) is 0 Å². The van der Waals surface area contributed by atoms with Gasteiger partial charge >= 0.3 is 0 Å². The number of hydrogen-bond acceptors (Lipinski definition) is 4. The van der Waals surface area contributed by atoms with Crippen molar-refractivity contribution in [2.24, 2.45) is 0 Å². The third-order valence-corrected chi connectivity index (χ3v) is 5.35. The smallest absolute Gasteiger partial charge is 0.0546 e. The van der Waals surface area contributed by atoms with Gasteiger partial charge in [0.15, 0.2) is 0 Å². The number of nitrogens with one attached hydrogen (secondary N) is 4. The van der Waals surface area contributed by atoms with Crippen molar-refractivity contribution in [2.75, 3.05) is 0 Å². The second kappa shape index (κ2) is 6.53. The molecule has 0 aromatic heterocycles. The normalized spacial score (nSPS) is 29.8. The summed E-state index contributed by atoms with van der Waals surface area (Å²) >= 11 is 0. The van der Waals surface area contributed by atoms with Crippen molar-refractivity contribution in [3.05, 3.63) is 0 Å². The van der Waals surface area contributed by atoms with Gasteiger partial charge in [0.2, 0.25) is 0 Å². The average Bonchev–Trinajstić information content (AvgIpc) is 2.17. The minimum absolute atomic E-state index is 0.192. The van der Waals surface area contributed by atoms with Gasteiger partial charge in [0, 0.05) is 34.2 Å². The van der Waals surface area contributed by atoms with Crippen molar-refractivity contribution in [1.29, 1.82) is 0 Å². The Morgan fingerprint density at radius 2 is 0.875 bits per heavy atom. The molecule has 0 radical (unpaired) electrons. The molecule has 0 unspecified atom stereocenters. The van der Waals surface area contributed by atoms with Crippen LogP contribution in [0.4, 0.5) is 0 Å². The first-order valence-corrected chi connectivity index (χ1v) is 9.78. The molecule has 0 saturated carbocycles. The van der Waals surface area contributed by atoms with E-state index < -0.39 is 0 Å². The third kappa shape index (κ3) is 5.98. The van der Waals surface area contributed by atoms with Crippen LogP contribution in [-0.4, -0.2) is 40.4 Å². The van der Waals surface area contributed by atoms with Gasteiger partial charge < -0.3 is 10.6 Å². The predicted octanol–water partition coefficient (Wildman–Crippen LogP) is 3.13. The van der Waals surface area contributed by atoms with Crippen LogP contribution < -0.4 is 21.3 Å². The second-order valence-electron chi connectivity index (χ2n) is 11.1. The van der Waals surface area contributed by atoms with Crippen LogP contribution in [0.25, 0.3) is 0 Å². The molecule has 4 N–H and O–H groups in total. The minimum Gasteiger partial charge on any atom is -0.307 e. The number of piperidine rings is 2. The lowest BCUT2D eigenvalue weighted by atomic mass is 9.79. The highest BCUT2D eigenvalue weighted by Crippen LogP contribution is 2.30. The van der Waals surface area contributed by atoms with Crippen molar-refractivity contribution in [3.63, 3.8) is 0 Å². The molecule has 2 rings (SSSR count). The lowest BCUT2D eigenvalue weighted by molar-refractivity contribution is 0.118. The standard InChI is InChI=1S/C20H42N4/c1-14(21-15-10-17(2,3)23-18(4,5)11-15)22-16-12-19(6,7)24-20(8,9)13-16/h14-16,21-24H,10-13H2,1-9H3. The van der Waals surface area contributed by atoms with Crippen molar-refractivity contribution in [3.8, 4) is 0 Å². The Kier molecular flexibility index (Phi) is 5.49. The van der Waals surface area contributed by atoms with Gasteiger partial charge in [-0.1, -0.05) is 0 Å². The highest BCUT2D eigenvalue weighted by atomic mass is 15.2. The molecule has 0 bridgehead atoms. The summed E-state index contributed by atoms with van der Waals surface area (Å²) in [5, 5.41) is 15.3. The zero-order chi connectivity index (χ0) is 18.4. The van der Waals surface area contributed by atoms with Crippen LogP contribution in [0.1, 0.15) is 88.0 Å². The highest BCUT2D eigenvalue weighted by molar-refractivity contribution is 5.02. The summed E-state index contributed by atoms with van der Waals surface area (Å²) in [5.74, 6) is 0. The van der Waals surface area contributed by atoms with E-state index >= 15 is 0 Å². The Morgan fingerprint density at radius 3 is 1.12 bits per heavy atom. The largest absolute Gasteiger partial charge is 0.307 e. The van der Waals surface area contributed by atoms with Gasteiger partial charge in [-0.05, 0) is 88.0 Å². The fraction of sp³-hybridized carbons (Fsp3) is 1.00. The number of rotatable bonds is 4. The maximum atomic E-state index is 3.86. The van der Waals surface area contributed by atoms with Gasteiger partial charge in [-0.15, -0.1) is 0 Å². The fourth-order valence-corrected chi connectivity index (χ4v) is 5.64. The van der Waals surface area contributed by atoms with Crippen LogP contribution >= 0.6 is 0 Å². The molecule has 142 valence electrons. The summed E-state index contributed by atoms with van der Waals surface area (Å²) in [4.78, 5) is 0. The molecule has 0 atom stereocenters. The first-order valence-electron chi connectivity index (χ1n) is 9.78. The summed E-state index contributed by atoms with van der Waals surface area (Å²) in [7, 11) is 0. The summed E-state index contributed by atoms with van der Waals surface area (Å²) in [6, 6.07) is 1.11. The molecule has 0 aliphatic carbocycles. The van der Waals surface area contributed by atoms with Crippen molar-refractivity contribution >= 4 is 0 Å². The first-order chi connectivity index (χ1) is 10.7. The van der Waals surface area contributed by atoms with Crippen molar-refractivity contribution in [1.82, 2.24) is 21.3 Å². The first kappa shape index (κ1) is 20.2. The van der Waals surface area contributed by atoms with Gasteiger partial charge in [-0.2, -0.15) is 0 Å². The molecule has 4 nitrogen and oxygen atoms in total. The Hall–Kier alpha value is -0.160. The topological polar surface area (TPSA) is 48.1 Å². The Bertz CT molecular complexity index is 367. The molecule has 2 heterocycles. The van der Waals surface area contributed by atoms with Gasteiger partial charge in [0.25, 0.3) is 0 Å². The van der Waals surface area contributed by atoms with E-state index in [1.54, 1.807) is 0 Å². The molecule has 2 aliphatic rings. The van der Waals surface area contributed by atoms with E-state index in [1.807, 2.05) is 0 Å². The van der Waals surface area contributed by atoms with E-state index in [2.05, 4.69) is 83.6 Å². The van der Waals surface area contributed by atoms with Crippen LogP contribution in [-0.2, 0) is 0 Å².